The van der Waals surface area contributed by atoms with Gasteiger partial charge in [-0.1, -0.05) is 0 Å². The molecule has 0 fully saturated rings. The van der Waals surface area contributed by atoms with E-state index in [4.69, 9.17) is 14.6 Å². The summed E-state index contributed by atoms with van der Waals surface area (Å²) < 4.78 is 6.51. The third kappa shape index (κ3) is 3.23. The maximum atomic E-state index is 11.8. The number of rotatable bonds is 2. The molecular weight excluding hydrogens is 269 g/mol. The lowest BCUT2D eigenvalue weighted by Gasteiger charge is -2.06. The molecule has 5 nitrogen and oxygen atoms in total. The molecule has 0 aromatic carbocycles. The second kappa shape index (κ2) is 6.07. The lowest BCUT2D eigenvalue weighted by atomic mass is 10.3. The van der Waals surface area contributed by atoms with E-state index in [9.17, 15) is 4.79 Å². The second-order valence-electron chi connectivity index (χ2n) is 3.39. The van der Waals surface area contributed by atoms with Crippen LogP contribution in [0.1, 0.15) is 5.76 Å². The Kier molecular flexibility index (Phi) is 5.71. The molecule has 2 N–H and O–H groups in total. The van der Waals surface area contributed by atoms with Crippen molar-refractivity contribution in [3.8, 4) is 0 Å². The van der Waals surface area contributed by atoms with E-state index in [1.807, 2.05) is 0 Å². The zero-order chi connectivity index (χ0) is 11.0. The molecule has 0 aliphatic rings. The van der Waals surface area contributed by atoms with Gasteiger partial charge >= 0.3 is 0 Å². The summed E-state index contributed by atoms with van der Waals surface area (Å²) in [6, 6.07) is 3.27. The number of furan rings is 1. The van der Waals surface area contributed by atoms with E-state index in [2.05, 4.69) is 0 Å². The molecule has 2 rings (SSSR count). The predicted octanol–water partition coefficient (Wildman–Crippen LogP) is 1.06. The smallest absolute Gasteiger partial charge is 0.261 e. The average molecular weight is 282 g/mol. The molecule has 7 heteroatoms. The van der Waals surface area contributed by atoms with Gasteiger partial charge in [-0.25, -0.2) is 0 Å². The number of aromatic nitrogens is 1. The van der Waals surface area contributed by atoms with E-state index >= 15 is 0 Å². The van der Waals surface area contributed by atoms with Crippen molar-refractivity contribution in [1.82, 2.24) is 4.57 Å². The summed E-state index contributed by atoms with van der Waals surface area (Å²) in [5.74, 6) is 0.657. The van der Waals surface area contributed by atoms with Crippen LogP contribution >= 0.6 is 24.8 Å². The molecule has 2 heterocycles. The van der Waals surface area contributed by atoms with Crippen LogP contribution in [0.3, 0.4) is 0 Å². The quantitative estimate of drug-likeness (QED) is 0.807. The Hall–Kier alpha value is -1.01. The topological polar surface area (TPSA) is 75.6 Å². The fourth-order valence-electron chi connectivity index (χ4n) is 1.52. The number of pyridine rings is 1. The van der Waals surface area contributed by atoms with E-state index in [0.717, 1.165) is 0 Å². The van der Waals surface area contributed by atoms with E-state index in [1.54, 1.807) is 19.1 Å². The molecule has 0 aliphatic carbocycles. The average Bonchev–Trinajstić information content (AvgIpc) is 2.51. The first-order chi connectivity index (χ1) is 7.08. The van der Waals surface area contributed by atoms with E-state index in [-0.39, 0.29) is 36.9 Å². The lowest BCUT2D eigenvalue weighted by Crippen LogP contribution is -2.25. The molecule has 96 valence electrons. The number of halogens is 2. The van der Waals surface area contributed by atoms with Crippen molar-refractivity contribution in [2.45, 2.75) is 19.8 Å². The minimum Gasteiger partial charge on any atom is -0.461 e. The van der Waals surface area contributed by atoms with Gasteiger partial charge in [-0.05, 0) is 19.1 Å². The van der Waals surface area contributed by atoms with Gasteiger partial charge in [0.25, 0.3) is 5.56 Å². The number of aryl methyl sites for hydroxylation is 1. The third-order valence-electron chi connectivity index (χ3n) is 2.14. The van der Waals surface area contributed by atoms with Crippen LogP contribution in [0.25, 0.3) is 11.0 Å². The molecule has 0 aliphatic heterocycles. The van der Waals surface area contributed by atoms with Crippen LogP contribution in [-0.4, -0.2) is 21.1 Å². The Morgan fingerprint density at radius 3 is 2.65 bits per heavy atom. The Balaban J connectivity index is 0.00000128. The molecule has 2 aromatic rings. The molecule has 0 saturated carbocycles. The van der Waals surface area contributed by atoms with Crippen LogP contribution in [0.5, 0.6) is 0 Å². The molecule has 17 heavy (non-hydrogen) atoms. The highest BCUT2D eigenvalue weighted by Gasteiger charge is 2.08. The highest BCUT2D eigenvalue weighted by atomic mass is 35.5. The van der Waals surface area contributed by atoms with Gasteiger partial charge < -0.3 is 19.2 Å². The molecule has 0 saturated heterocycles. The normalized spacial score (nSPS) is 10.1. The SMILES string of the molecule is Cc1cc2c(=O)n(CC(O)O)ccc2o1.Cl.Cl. The molecule has 2 aromatic heterocycles. The van der Waals surface area contributed by atoms with E-state index in [0.29, 0.717) is 16.7 Å². The Labute approximate surface area is 109 Å². The van der Waals surface area contributed by atoms with Gasteiger partial charge in [-0.3, -0.25) is 4.79 Å². The maximum absolute atomic E-state index is 11.8. The maximum Gasteiger partial charge on any atom is 0.261 e. The fourth-order valence-corrected chi connectivity index (χ4v) is 1.52. The highest BCUT2D eigenvalue weighted by Crippen LogP contribution is 2.14. The van der Waals surface area contributed by atoms with Crippen LogP contribution in [0.4, 0.5) is 0 Å². The van der Waals surface area contributed by atoms with Crippen molar-refractivity contribution in [3.63, 3.8) is 0 Å². The molecular formula is C10H13Cl2NO4. The van der Waals surface area contributed by atoms with Crippen molar-refractivity contribution < 1.29 is 14.6 Å². The number of hydrogen-bond acceptors (Lipinski definition) is 4. The summed E-state index contributed by atoms with van der Waals surface area (Å²) in [5, 5.41) is 18.0. The van der Waals surface area contributed by atoms with Crippen LogP contribution in [0.15, 0.2) is 27.5 Å². The Morgan fingerprint density at radius 1 is 1.41 bits per heavy atom. The Bertz CT molecular complexity index is 547. The molecule has 0 radical (unpaired) electrons. The summed E-state index contributed by atoms with van der Waals surface area (Å²) in [5.41, 5.74) is 0.235. The summed E-state index contributed by atoms with van der Waals surface area (Å²) >= 11 is 0. The van der Waals surface area contributed by atoms with Crippen LogP contribution in [0.2, 0.25) is 0 Å². The Morgan fingerprint density at radius 2 is 2.06 bits per heavy atom. The standard InChI is InChI=1S/C10H11NO4.2ClH/c1-6-4-7-8(15-6)2-3-11(10(7)14)5-9(12)13;;/h2-4,9,12-13H,5H2,1H3;2*1H. The van der Waals surface area contributed by atoms with Crippen LogP contribution in [0, 0.1) is 6.92 Å². The van der Waals surface area contributed by atoms with Gasteiger partial charge in [0.05, 0.1) is 11.9 Å². The van der Waals surface area contributed by atoms with Gasteiger partial charge in [0.1, 0.15) is 11.3 Å². The first kappa shape index (κ1) is 16.0. The van der Waals surface area contributed by atoms with Crippen molar-refractivity contribution in [1.29, 1.82) is 0 Å². The second-order valence-corrected chi connectivity index (χ2v) is 3.39. The van der Waals surface area contributed by atoms with Gasteiger partial charge in [-0.2, -0.15) is 0 Å². The fraction of sp³-hybridized carbons (Fsp3) is 0.300. The van der Waals surface area contributed by atoms with E-state index < -0.39 is 6.29 Å². The number of nitrogens with zero attached hydrogens (tertiary/aromatic N) is 1. The first-order valence-electron chi connectivity index (χ1n) is 4.53. The van der Waals surface area contributed by atoms with Crippen molar-refractivity contribution in [2.24, 2.45) is 0 Å². The van der Waals surface area contributed by atoms with Crippen LogP contribution in [-0.2, 0) is 6.54 Å². The monoisotopic (exact) mass is 281 g/mol. The summed E-state index contributed by atoms with van der Waals surface area (Å²) in [4.78, 5) is 11.8. The van der Waals surface area contributed by atoms with Crippen LogP contribution < -0.4 is 5.56 Å². The van der Waals surface area contributed by atoms with Gasteiger partial charge in [-0.15, -0.1) is 24.8 Å². The third-order valence-corrected chi connectivity index (χ3v) is 2.14. The van der Waals surface area contributed by atoms with Gasteiger partial charge in [0.2, 0.25) is 0 Å². The minimum absolute atomic E-state index is 0. The van der Waals surface area contributed by atoms with Crippen molar-refractivity contribution >= 4 is 35.8 Å². The molecule has 0 amide bonds. The van der Waals surface area contributed by atoms with Crippen molar-refractivity contribution in [2.75, 3.05) is 0 Å². The zero-order valence-electron chi connectivity index (χ0n) is 8.99. The summed E-state index contributed by atoms with van der Waals surface area (Å²) in [6.07, 6.45) is -0.0549. The van der Waals surface area contributed by atoms with Gasteiger partial charge in [0, 0.05) is 6.20 Å². The zero-order valence-corrected chi connectivity index (χ0v) is 10.6. The van der Waals surface area contributed by atoms with Crippen molar-refractivity contribution in [3.05, 3.63) is 34.4 Å². The molecule has 0 atom stereocenters. The number of hydrogen-bond donors (Lipinski definition) is 2. The molecule has 0 spiro atoms. The lowest BCUT2D eigenvalue weighted by molar-refractivity contribution is -0.0518. The minimum atomic E-state index is -1.53. The predicted molar refractivity (Wildman–Crippen MR) is 67.9 cm³/mol. The summed E-state index contributed by atoms with van der Waals surface area (Å²) in [6.45, 7) is 1.61. The van der Waals surface area contributed by atoms with E-state index in [1.165, 1.54) is 10.8 Å². The largest absolute Gasteiger partial charge is 0.461 e. The summed E-state index contributed by atoms with van der Waals surface area (Å²) in [7, 11) is 0. The number of fused-ring (bicyclic) bond motifs is 1. The number of aliphatic hydroxyl groups is 2. The molecule has 0 unspecified atom stereocenters. The first-order valence-corrected chi connectivity index (χ1v) is 4.53. The number of aliphatic hydroxyl groups excluding tert-OH is 1. The highest BCUT2D eigenvalue weighted by molar-refractivity contribution is 5.85. The molecule has 0 bridgehead atoms. The van der Waals surface area contributed by atoms with Gasteiger partial charge in [0.15, 0.2) is 6.29 Å².